The molecule has 1 aliphatic heterocycles. The van der Waals surface area contributed by atoms with Crippen LogP contribution in [0.25, 0.3) is 0 Å². The lowest BCUT2D eigenvalue weighted by Gasteiger charge is -2.14. The Morgan fingerprint density at radius 1 is 1.26 bits per heavy atom. The molecule has 23 heavy (non-hydrogen) atoms. The maximum absolute atomic E-state index is 12.5. The van der Waals surface area contributed by atoms with E-state index < -0.39 is 0 Å². The molecule has 1 unspecified atom stereocenters. The molecule has 0 spiro atoms. The van der Waals surface area contributed by atoms with Gasteiger partial charge in [-0.15, -0.1) is 0 Å². The summed E-state index contributed by atoms with van der Waals surface area (Å²) in [6, 6.07) is 13.6. The lowest BCUT2D eigenvalue weighted by Crippen LogP contribution is -2.28. The topological polar surface area (TPSA) is 58.2 Å². The minimum Gasteiger partial charge on any atom is -0.351 e. The van der Waals surface area contributed by atoms with Crippen molar-refractivity contribution in [2.24, 2.45) is 0 Å². The van der Waals surface area contributed by atoms with Gasteiger partial charge < -0.3 is 10.6 Å². The van der Waals surface area contributed by atoms with E-state index in [0.29, 0.717) is 24.2 Å². The first-order valence-corrected chi connectivity index (χ1v) is 7.81. The second-order valence-electron chi connectivity index (χ2n) is 6.04. The van der Waals surface area contributed by atoms with Crippen LogP contribution in [0.15, 0.2) is 42.5 Å². The SMILES string of the molecule is Cc1cccc(C(C)CNC(=O)c2cccc3c2CNC3=O)c1. The molecule has 3 rings (SSSR count). The van der Waals surface area contributed by atoms with E-state index in [1.165, 1.54) is 11.1 Å². The molecular weight excluding hydrogens is 288 g/mol. The molecule has 0 bridgehead atoms. The van der Waals surface area contributed by atoms with Crippen molar-refractivity contribution in [1.82, 2.24) is 10.6 Å². The molecule has 0 aliphatic carbocycles. The van der Waals surface area contributed by atoms with Gasteiger partial charge in [0.1, 0.15) is 0 Å². The fourth-order valence-electron chi connectivity index (χ4n) is 2.90. The molecule has 0 saturated heterocycles. The Morgan fingerprint density at radius 2 is 2.04 bits per heavy atom. The molecule has 2 amide bonds. The Labute approximate surface area is 135 Å². The summed E-state index contributed by atoms with van der Waals surface area (Å²) >= 11 is 0. The normalized spacial score (nSPS) is 14.1. The Bertz CT molecular complexity index is 768. The zero-order valence-corrected chi connectivity index (χ0v) is 13.3. The van der Waals surface area contributed by atoms with Gasteiger partial charge in [-0.05, 0) is 36.1 Å². The Balaban J connectivity index is 1.70. The van der Waals surface area contributed by atoms with E-state index in [9.17, 15) is 9.59 Å². The first-order valence-electron chi connectivity index (χ1n) is 7.81. The maximum Gasteiger partial charge on any atom is 0.251 e. The summed E-state index contributed by atoms with van der Waals surface area (Å²) in [4.78, 5) is 24.1. The van der Waals surface area contributed by atoms with Crippen LogP contribution in [0.2, 0.25) is 0 Å². The van der Waals surface area contributed by atoms with Crippen LogP contribution in [0.5, 0.6) is 0 Å². The third kappa shape index (κ3) is 3.11. The van der Waals surface area contributed by atoms with Gasteiger partial charge in [-0.25, -0.2) is 0 Å². The van der Waals surface area contributed by atoms with Crippen LogP contribution in [-0.2, 0) is 6.54 Å². The van der Waals surface area contributed by atoms with Gasteiger partial charge in [0, 0.05) is 24.2 Å². The van der Waals surface area contributed by atoms with E-state index in [0.717, 1.165) is 5.56 Å². The number of aryl methyl sites for hydroxylation is 1. The molecule has 2 aromatic rings. The molecule has 118 valence electrons. The molecule has 4 nitrogen and oxygen atoms in total. The van der Waals surface area contributed by atoms with Gasteiger partial charge in [0.25, 0.3) is 11.8 Å². The van der Waals surface area contributed by atoms with Crippen molar-refractivity contribution in [3.8, 4) is 0 Å². The number of amides is 2. The van der Waals surface area contributed by atoms with Crippen molar-refractivity contribution in [3.05, 3.63) is 70.3 Å². The van der Waals surface area contributed by atoms with Crippen LogP contribution in [0, 0.1) is 6.92 Å². The van der Waals surface area contributed by atoms with Crippen LogP contribution < -0.4 is 10.6 Å². The highest BCUT2D eigenvalue weighted by Crippen LogP contribution is 2.20. The van der Waals surface area contributed by atoms with Crippen LogP contribution >= 0.6 is 0 Å². The van der Waals surface area contributed by atoms with E-state index in [-0.39, 0.29) is 17.7 Å². The molecule has 0 aromatic heterocycles. The van der Waals surface area contributed by atoms with E-state index in [4.69, 9.17) is 0 Å². The molecule has 0 fully saturated rings. The second-order valence-corrected chi connectivity index (χ2v) is 6.04. The molecule has 0 saturated carbocycles. The minimum absolute atomic E-state index is 0.109. The second kappa shape index (κ2) is 6.24. The Kier molecular flexibility index (Phi) is 4.15. The summed E-state index contributed by atoms with van der Waals surface area (Å²) in [6.07, 6.45) is 0. The van der Waals surface area contributed by atoms with Crippen molar-refractivity contribution in [2.45, 2.75) is 26.3 Å². The summed E-state index contributed by atoms with van der Waals surface area (Å²) in [5.74, 6) is -0.00370. The average Bonchev–Trinajstić information content (AvgIpc) is 2.94. The van der Waals surface area contributed by atoms with E-state index >= 15 is 0 Å². The van der Waals surface area contributed by atoms with Gasteiger partial charge in [-0.2, -0.15) is 0 Å². The highest BCUT2D eigenvalue weighted by Gasteiger charge is 2.24. The first kappa shape index (κ1) is 15.3. The van der Waals surface area contributed by atoms with Crippen molar-refractivity contribution >= 4 is 11.8 Å². The summed E-state index contributed by atoms with van der Waals surface area (Å²) in [5, 5.41) is 5.74. The molecular formula is C19H20N2O2. The summed E-state index contributed by atoms with van der Waals surface area (Å²) in [5.41, 5.74) is 4.39. The minimum atomic E-state index is -0.127. The van der Waals surface area contributed by atoms with E-state index in [1.54, 1.807) is 18.2 Å². The van der Waals surface area contributed by atoms with Gasteiger partial charge in [0.15, 0.2) is 0 Å². The monoisotopic (exact) mass is 308 g/mol. The standard InChI is InChI=1S/C19H20N2O2/c1-12-5-3-6-14(9-12)13(2)10-20-18(22)15-7-4-8-16-17(15)11-21-19(16)23/h3-9,13H,10-11H2,1-2H3,(H,20,22)(H,21,23). The van der Waals surface area contributed by atoms with Crippen molar-refractivity contribution in [3.63, 3.8) is 0 Å². The van der Waals surface area contributed by atoms with Crippen molar-refractivity contribution < 1.29 is 9.59 Å². The molecule has 1 atom stereocenters. The highest BCUT2D eigenvalue weighted by molar-refractivity contribution is 6.04. The predicted molar refractivity (Wildman–Crippen MR) is 89.5 cm³/mol. The Morgan fingerprint density at radius 3 is 2.83 bits per heavy atom. The fourth-order valence-corrected chi connectivity index (χ4v) is 2.90. The quantitative estimate of drug-likeness (QED) is 0.912. The first-order chi connectivity index (χ1) is 11.1. The summed E-state index contributed by atoms with van der Waals surface area (Å²) in [7, 11) is 0. The van der Waals surface area contributed by atoms with Crippen LogP contribution in [-0.4, -0.2) is 18.4 Å². The molecule has 1 heterocycles. The number of fused-ring (bicyclic) bond motifs is 1. The number of hydrogen-bond donors (Lipinski definition) is 2. The van der Waals surface area contributed by atoms with Gasteiger partial charge in [0.2, 0.25) is 0 Å². The van der Waals surface area contributed by atoms with Crippen LogP contribution in [0.1, 0.15) is 50.2 Å². The molecule has 4 heteroatoms. The zero-order valence-electron chi connectivity index (χ0n) is 13.3. The molecule has 0 radical (unpaired) electrons. The van der Waals surface area contributed by atoms with Crippen molar-refractivity contribution in [1.29, 1.82) is 0 Å². The third-order valence-corrected chi connectivity index (χ3v) is 4.27. The average molecular weight is 308 g/mol. The van der Waals surface area contributed by atoms with E-state index in [1.807, 2.05) is 6.07 Å². The zero-order chi connectivity index (χ0) is 16.4. The summed E-state index contributed by atoms with van der Waals surface area (Å²) < 4.78 is 0. The van der Waals surface area contributed by atoms with Crippen LogP contribution in [0.4, 0.5) is 0 Å². The lowest BCUT2D eigenvalue weighted by atomic mass is 9.98. The number of benzene rings is 2. The molecule has 2 N–H and O–H groups in total. The van der Waals surface area contributed by atoms with Gasteiger partial charge in [-0.1, -0.05) is 42.8 Å². The lowest BCUT2D eigenvalue weighted by molar-refractivity contribution is 0.0947. The molecule has 2 aromatic carbocycles. The third-order valence-electron chi connectivity index (χ3n) is 4.27. The summed E-state index contributed by atoms with van der Waals surface area (Å²) in [6.45, 7) is 5.14. The highest BCUT2D eigenvalue weighted by atomic mass is 16.2. The van der Waals surface area contributed by atoms with Gasteiger partial charge in [-0.3, -0.25) is 9.59 Å². The smallest absolute Gasteiger partial charge is 0.251 e. The number of carbonyl (C=O) groups is 2. The Hall–Kier alpha value is -2.62. The fraction of sp³-hybridized carbons (Fsp3) is 0.263. The number of rotatable bonds is 4. The van der Waals surface area contributed by atoms with Crippen LogP contribution in [0.3, 0.4) is 0 Å². The number of carbonyl (C=O) groups excluding carboxylic acids is 2. The van der Waals surface area contributed by atoms with E-state index in [2.05, 4.69) is 42.7 Å². The van der Waals surface area contributed by atoms with Crippen molar-refractivity contribution in [2.75, 3.05) is 6.54 Å². The number of nitrogens with one attached hydrogen (secondary N) is 2. The molecule has 1 aliphatic rings. The largest absolute Gasteiger partial charge is 0.351 e. The van der Waals surface area contributed by atoms with Gasteiger partial charge >= 0.3 is 0 Å². The predicted octanol–water partition coefficient (Wildman–Crippen LogP) is 2.77. The van der Waals surface area contributed by atoms with Gasteiger partial charge in [0.05, 0.1) is 0 Å². The number of hydrogen-bond acceptors (Lipinski definition) is 2. The maximum atomic E-state index is 12.5.